The molecule has 0 radical (unpaired) electrons. The number of ether oxygens (including phenoxy) is 2. The number of imidazole rings is 1. The van der Waals surface area contributed by atoms with E-state index in [9.17, 15) is 4.79 Å². The third-order valence-electron chi connectivity index (χ3n) is 5.76. The summed E-state index contributed by atoms with van der Waals surface area (Å²) in [7, 11) is 5.25. The zero-order chi connectivity index (χ0) is 21.8. The highest BCUT2D eigenvalue weighted by Gasteiger charge is 2.21. The van der Waals surface area contributed by atoms with Gasteiger partial charge in [-0.25, -0.2) is 4.98 Å². The number of anilines is 1. The Morgan fingerprint density at radius 3 is 2.48 bits per heavy atom. The van der Waals surface area contributed by atoms with Crippen LogP contribution in [-0.2, 0) is 18.4 Å². The molecule has 0 saturated carbocycles. The number of piperazine rings is 1. The maximum Gasteiger partial charge on any atom is 0.238 e. The molecule has 3 aromatic rings. The van der Waals surface area contributed by atoms with Crippen molar-refractivity contribution in [3.63, 3.8) is 0 Å². The normalized spacial score (nSPS) is 15.2. The van der Waals surface area contributed by atoms with Gasteiger partial charge in [-0.05, 0) is 24.3 Å². The number of amides is 1. The van der Waals surface area contributed by atoms with Crippen LogP contribution in [0.15, 0.2) is 42.5 Å². The first-order chi connectivity index (χ1) is 15.1. The highest BCUT2D eigenvalue weighted by molar-refractivity contribution is 5.94. The van der Waals surface area contributed by atoms with Crippen LogP contribution in [0.2, 0.25) is 0 Å². The Balaban J connectivity index is 1.30. The molecule has 1 saturated heterocycles. The lowest BCUT2D eigenvalue weighted by molar-refractivity contribution is -0.117. The summed E-state index contributed by atoms with van der Waals surface area (Å²) in [6.45, 7) is 4.64. The number of fused-ring (bicyclic) bond motifs is 1. The standard InChI is InChI=1S/C23H29N5O3/c1-26-20-7-5-4-6-18(20)24-22(26)15-27-10-12-28(13-11-27)16-23(29)25-19-14-17(30-2)8-9-21(19)31-3/h4-9,14H,10-13,15-16H2,1-3H3,(H,25,29). The molecule has 1 aliphatic heterocycles. The molecule has 0 unspecified atom stereocenters. The number of benzene rings is 2. The van der Waals surface area contributed by atoms with Crippen LogP contribution in [0.5, 0.6) is 11.5 Å². The lowest BCUT2D eigenvalue weighted by Crippen LogP contribution is -2.48. The van der Waals surface area contributed by atoms with Crippen molar-refractivity contribution in [3.8, 4) is 11.5 Å². The maximum atomic E-state index is 12.6. The van der Waals surface area contributed by atoms with Gasteiger partial charge in [-0.1, -0.05) is 12.1 Å². The molecule has 31 heavy (non-hydrogen) atoms. The first-order valence-electron chi connectivity index (χ1n) is 10.4. The molecule has 0 atom stereocenters. The third kappa shape index (κ3) is 4.81. The maximum absolute atomic E-state index is 12.6. The number of methoxy groups -OCH3 is 2. The average molecular weight is 424 g/mol. The van der Waals surface area contributed by atoms with Crippen LogP contribution in [-0.4, -0.2) is 72.2 Å². The van der Waals surface area contributed by atoms with Crippen LogP contribution in [0, 0.1) is 0 Å². The quantitative estimate of drug-likeness (QED) is 0.629. The Bertz CT molecular complexity index is 1060. The fourth-order valence-electron chi connectivity index (χ4n) is 3.95. The second-order valence-electron chi connectivity index (χ2n) is 7.74. The van der Waals surface area contributed by atoms with Crippen molar-refractivity contribution in [1.82, 2.24) is 19.4 Å². The molecule has 8 heteroatoms. The van der Waals surface area contributed by atoms with E-state index in [1.807, 2.05) is 18.2 Å². The number of hydrogen-bond acceptors (Lipinski definition) is 6. The fraction of sp³-hybridized carbons (Fsp3) is 0.391. The summed E-state index contributed by atoms with van der Waals surface area (Å²) >= 11 is 0. The van der Waals surface area contributed by atoms with E-state index in [4.69, 9.17) is 14.5 Å². The lowest BCUT2D eigenvalue weighted by atomic mass is 10.2. The van der Waals surface area contributed by atoms with Crippen molar-refractivity contribution in [2.45, 2.75) is 6.54 Å². The van der Waals surface area contributed by atoms with E-state index in [1.165, 1.54) is 0 Å². The van der Waals surface area contributed by atoms with E-state index in [0.717, 1.165) is 49.6 Å². The van der Waals surface area contributed by atoms with Crippen LogP contribution in [0.1, 0.15) is 5.82 Å². The van der Waals surface area contributed by atoms with Crippen LogP contribution in [0.4, 0.5) is 5.69 Å². The molecule has 8 nitrogen and oxygen atoms in total. The van der Waals surface area contributed by atoms with Crippen molar-refractivity contribution in [3.05, 3.63) is 48.3 Å². The van der Waals surface area contributed by atoms with E-state index in [1.54, 1.807) is 32.4 Å². The molecular weight excluding hydrogens is 394 g/mol. The van der Waals surface area contributed by atoms with E-state index in [2.05, 4.69) is 32.8 Å². The molecular formula is C23H29N5O3. The van der Waals surface area contributed by atoms with Crippen molar-refractivity contribution in [2.75, 3.05) is 52.3 Å². The summed E-state index contributed by atoms with van der Waals surface area (Å²) in [6, 6.07) is 13.6. The Hall–Kier alpha value is -3.10. The van der Waals surface area contributed by atoms with Gasteiger partial charge in [0, 0.05) is 39.3 Å². The van der Waals surface area contributed by atoms with Gasteiger partial charge in [0.25, 0.3) is 0 Å². The molecule has 1 fully saturated rings. The molecule has 0 aliphatic carbocycles. The molecule has 1 aromatic heterocycles. The first-order valence-corrected chi connectivity index (χ1v) is 10.4. The zero-order valence-electron chi connectivity index (χ0n) is 18.3. The minimum absolute atomic E-state index is 0.0599. The van der Waals surface area contributed by atoms with Crippen LogP contribution >= 0.6 is 0 Å². The first kappa shape index (κ1) is 21.1. The van der Waals surface area contributed by atoms with Gasteiger partial charge in [0.1, 0.15) is 17.3 Å². The molecule has 164 valence electrons. The molecule has 4 rings (SSSR count). The van der Waals surface area contributed by atoms with Crippen molar-refractivity contribution < 1.29 is 14.3 Å². The van der Waals surface area contributed by atoms with E-state index < -0.39 is 0 Å². The van der Waals surface area contributed by atoms with Gasteiger partial charge in [-0.2, -0.15) is 0 Å². The monoisotopic (exact) mass is 423 g/mol. The summed E-state index contributed by atoms with van der Waals surface area (Å²) in [5.74, 6) is 2.29. The second kappa shape index (κ2) is 9.36. The largest absolute Gasteiger partial charge is 0.497 e. The Morgan fingerprint density at radius 2 is 1.77 bits per heavy atom. The molecule has 1 aliphatic rings. The van der Waals surface area contributed by atoms with Crippen LogP contribution < -0.4 is 14.8 Å². The lowest BCUT2D eigenvalue weighted by Gasteiger charge is -2.34. The molecule has 1 N–H and O–H groups in total. The van der Waals surface area contributed by atoms with Crippen LogP contribution in [0.3, 0.4) is 0 Å². The van der Waals surface area contributed by atoms with Crippen molar-refractivity contribution in [2.24, 2.45) is 7.05 Å². The number of aryl methyl sites for hydroxylation is 1. The number of rotatable bonds is 7. The minimum Gasteiger partial charge on any atom is -0.497 e. The number of nitrogens with one attached hydrogen (secondary N) is 1. The number of para-hydroxylation sites is 2. The summed E-state index contributed by atoms with van der Waals surface area (Å²) in [5.41, 5.74) is 2.80. The van der Waals surface area contributed by atoms with Crippen molar-refractivity contribution >= 4 is 22.6 Å². The van der Waals surface area contributed by atoms with Crippen molar-refractivity contribution in [1.29, 1.82) is 0 Å². The van der Waals surface area contributed by atoms with Gasteiger partial charge in [-0.3, -0.25) is 14.6 Å². The van der Waals surface area contributed by atoms with Gasteiger partial charge in [0.05, 0.1) is 44.0 Å². The van der Waals surface area contributed by atoms with E-state index in [-0.39, 0.29) is 5.91 Å². The zero-order valence-corrected chi connectivity index (χ0v) is 18.3. The highest BCUT2D eigenvalue weighted by atomic mass is 16.5. The number of nitrogens with zero attached hydrogens (tertiary/aromatic N) is 4. The van der Waals surface area contributed by atoms with E-state index >= 15 is 0 Å². The van der Waals surface area contributed by atoms with Gasteiger partial charge in [-0.15, -0.1) is 0 Å². The smallest absolute Gasteiger partial charge is 0.238 e. The summed E-state index contributed by atoms with van der Waals surface area (Å²) < 4.78 is 12.7. The second-order valence-corrected chi connectivity index (χ2v) is 7.74. The number of carbonyl (C=O) groups is 1. The molecule has 1 amide bonds. The molecule has 2 aromatic carbocycles. The number of hydrogen-bond donors (Lipinski definition) is 1. The molecule has 2 heterocycles. The Morgan fingerprint density at radius 1 is 1.03 bits per heavy atom. The number of carbonyl (C=O) groups excluding carboxylic acids is 1. The van der Waals surface area contributed by atoms with E-state index in [0.29, 0.717) is 23.7 Å². The van der Waals surface area contributed by atoms with Gasteiger partial charge < -0.3 is 19.4 Å². The molecule has 0 bridgehead atoms. The predicted molar refractivity (Wildman–Crippen MR) is 121 cm³/mol. The Labute approximate surface area is 182 Å². The number of aromatic nitrogens is 2. The van der Waals surface area contributed by atoms with Gasteiger partial charge in [0.15, 0.2) is 0 Å². The molecule has 0 spiro atoms. The summed E-state index contributed by atoms with van der Waals surface area (Å²) in [6.07, 6.45) is 0. The summed E-state index contributed by atoms with van der Waals surface area (Å²) in [4.78, 5) is 21.9. The minimum atomic E-state index is -0.0599. The summed E-state index contributed by atoms with van der Waals surface area (Å²) in [5, 5.41) is 2.94. The predicted octanol–water partition coefficient (Wildman–Crippen LogP) is 2.35. The Kier molecular flexibility index (Phi) is 6.39. The van der Waals surface area contributed by atoms with Gasteiger partial charge >= 0.3 is 0 Å². The average Bonchev–Trinajstić information content (AvgIpc) is 3.10. The third-order valence-corrected chi connectivity index (χ3v) is 5.76. The van der Waals surface area contributed by atoms with Crippen LogP contribution in [0.25, 0.3) is 11.0 Å². The highest BCUT2D eigenvalue weighted by Crippen LogP contribution is 2.28. The topological polar surface area (TPSA) is 71.9 Å². The van der Waals surface area contributed by atoms with Gasteiger partial charge in [0.2, 0.25) is 5.91 Å². The fourth-order valence-corrected chi connectivity index (χ4v) is 3.95. The SMILES string of the molecule is COc1ccc(OC)c(NC(=O)CN2CCN(Cc3nc4ccccc4n3C)CC2)c1.